The lowest BCUT2D eigenvalue weighted by Crippen LogP contribution is -2.26. The molecule has 0 radical (unpaired) electrons. The van der Waals surface area contributed by atoms with Gasteiger partial charge >= 0.3 is 0 Å². The molecule has 0 saturated heterocycles. The van der Waals surface area contributed by atoms with Crippen LogP contribution in [0.5, 0.6) is 0 Å². The molecule has 5 N–H and O–H groups in total. The third kappa shape index (κ3) is 1.73. The number of amides is 2. The summed E-state index contributed by atoms with van der Waals surface area (Å²) in [6.45, 7) is 0. The van der Waals surface area contributed by atoms with Crippen molar-refractivity contribution in [3.63, 3.8) is 0 Å². The number of nitrogens with one attached hydrogen (secondary N) is 1. The largest absolute Gasteiger partial charge is 0.365 e. The Balaban J connectivity index is 3.29. The Bertz CT molecular complexity index is 421. The molecule has 6 nitrogen and oxygen atoms in total. The van der Waals surface area contributed by atoms with Gasteiger partial charge in [0.05, 0.1) is 0 Å². The average Bonchev–Trinajstić information content (AvgIpc) is 2.03. The van der Waals surface area contributed by atoms with E-state index in [4.69, 9.17) is 11.5 Å². The van der Waals surface area contributed by atoms with E-state index in [1.807, 2.05) is 0 Å². The second-order valence-corrected chi connectivity index (χ2v) is 2.34. The van der Waals surface area contributed by atoms with E-state index in [0.717, 1.165) is 6.07 Å². The van der Waals surface area contributed by atoms with Crippen LogP contribution in [-0.2, 0) is 0 Å². The standard InChI is InChI=1S/C7H7N3O3/c8-5(11)3-1-2-4(6(9)12)10-7(3)13/h1-2H,(H2,8,11)(H2,9,12)(H,10,13). The zero-order chi connectivity index (χ0) is 10.0. The zero-order valence-electron chi connectivity index (χ0n) is 6.53. The lowest BCUT2D eigenvalue weighted by Gasteiger charge is -1.96. The molecule has 0 atom stereocenters. The van der Waals surface area contributed by atoms with E-state index in [2.05, 4.69) is 4.98 Å². The molecule has 0 aliphatic rings. The fourth-order valence-corrected chi connectivity index (χ4v) is 0.811. The molecular weight excluding hydrogens is 174 g/mol. The molecule has 13 heavy (non-hydrogen) atoms. The molecular formula is C7H7N3O3. The molecule has 0 saturated carbocycles. The van der Waals surface area contributed by atoms with Gasteiger partial charge in [0.1, 0.15) is 11.3 Å². The average molecular weight is 181 g/mol. The molecule has 0 spiro atoms. The van der Waals surface area contributed by atoms with Crippen molar-refractivity contribution in [3.05, 3.63) is 33.7 Å². The summed E-state index contributed by atoms with van der Waals surface area (Å²) in [5, 5.41) is 0. The topological polar surface area (TPSA) is 119 Å². The number of nitrogens with two attached hydrogens (primary N) is 2. The van der Waals surface area contributed by atoms with Gasteiger partial charge in [-0.1, -0.05) is 0 Å². The van der Waals surface area contributed by atoms with Crippen molar-refractivity contribution < 1.29 is 9.59 Å². The smallest absolute Gasteiger partial charge is 0.265 e. The Hall–Kier alpha value is -2.11. The molecule has 1 heterocycles. The van der Waals surface area contributed by atoms with Gasteiger partial charge in [-0.25, -0.2) is 0 Å². The summed E-state index contributed by atoms with van der Waals surface area (Å²) in [6.07, 6.45) is 0. The minimum atomic E-state index is -0.850. The van der Waals surface area contributed by atoms with Crippen molar-refractivity contribution in [2.75, 3.05) is 0 Å². The molecule has 0 bridgehead atoms. The minimum Gasteiger partial charge on any atom is -0.365 e. The fraction of sp³-hybridized carbons (Fsp3) is 0. The van der Waals surface area contributed by atoms with E-state index in [-0.39, 0.29) is 11.3 Å². The van der Waals surface area contributed by atoms with Crippen LogP contribution in [0.2, 0.25) is 0 Å². The van der Waals surface area contributed by atoms with E-state index in [9.17, 15) is 14.4 Å². The normalized spacial score (nSPS) is 9.54. The third-order valence-corrected chi connectivity index (χ3v) is 1.44. The van der Waals surface area contributed by atoms with Gasteiger partial charge in [0, 0.05) is 0 Å². The Morgan fingerprint density at radius 2 is 1.77 bits per heavy atom. The Morgan fingerprint density at radius 3 is 2.15 bits per heavy atom. The minimum absolute atomic E-state index is 0.0602. The van der Waals surface area contributed by atoms with Crippen LogP contribution in [-0.4, -0.2) is 16.8 Å². The first-order chi connectivity index (χ1) is 6.02. The van der Waals surface area contributed by atoms with Gasteiger partial charge < -0.3 is 16.5 Å². The van der Waals surface area contributed by atoms with Gasteiger partial charge in [-0.15, -0.1) is 0 Å². The predicted molar refractivity (Wildman–Crippen MR) is 44.1 cm³/mol. The second-order valence-electron chi connectivity index (χ2n) is 2.34. The molecule has 0 aliphatic carbocycles. The molecule has 2 amide bonds. The SMILES string of the molecule is NC(=O)c1ccc(C(N)=O)c(=O)[nH]1. The molecule has 1 aromatic rings. The fourth-order valence-electron chi connectivity index (χ4n) is 0.811. The van der Waals surface area contributed by atoms with Crippen LogP contribution in [0.3, 0.4) is 0 Å². The number of hydrogen-bond acceptors (Lipinski definition) is 3. The lowest BCUT2D eigenvalue weighted by atomic mass is 10.2. The summed E-state index contributed by atoms with van der Waals surface area (Å²) in [6, 6.07) is 2.38. The van der Waals surface area contributed by atoms with Crippen molar-refractivity contribution in [3.8, 4) is 0 Å². The maximum Gasteiger partial charge on any atom is 0.265 e. The quantitative estimate of drug-likeness (QED) is 0.518. The van der Waals surface area contributed by atoms with Crippen LogP contribution in [0.1, 0.15) is 20.8 Å². The van der Waals surface area contributed by atoms with Gasteiger partial charge in [-0.2, -0.15) is 0 Å². The Kier molecular flexibility index (Phi) is 2.14. The molecule has 68 valence electrons. The number of H-pyrrole nitrogens is 1. The van der Waals surface area contributed by atoms with Crippen molar-refractivity contribution in [1.29, 1.82) is 0 Å². The summed E-state index contributed by atoms with van der Waals surface area (Å²) in [5.41, 5.74) is 8.77. The van der Waals surface area contributed by atoms with Crippen LogP contribution in [0.15, 0.2) is 16.9 Å². The molecule has 0 aromatic carbocycles. The first-order valence-electron chi connectivity index (χ1n) is 3.35. The number of aromatic amines is 1. The summed E-state index contributed by atoms with van der Waals surface area (Å²) in [4.78, 5) is 34.3. The molecule has 0 unspecified atom stereocenters. The highest BCUT2D eigenvalue weighted by molar-refractivity contribution is 5.94. The second kappa shape index (κ2) is 3.10. The number of pyridine rings is 1. The van der Waals surface area contributed by atoms with Gasteiger partial charge in [-0.05, 0) is 12.1 Å². The van der Waals surface area contributed by atoms with Crippen LogP contribution in [0, 0.1) is 0 Å². The Morgan fingerprint density at radius 1 is 1.15 bits per heavy atom. The first kappa shape index (κ1) is 8.98. The van der Waals surface area contributed by atoms with Gasteiger partial charge in [0.15, 0.2) is 0 Å². The maximum atomic E-state index is 11.0. The van der Waals surface area contributed by atoms with E-state index >= 15 is 0 Å². The van der Waals surface area contributed by atoms with Gasteiger partial charge in [-0.3, -0.25) is 14.4 Å². The van der Waals surface area contributed by atoms with Crippen LogP contribution >= 0.6 is 0 Å². The summed E-state index contributed by atoms with van der Waals surface area (Å²) >= 11 is 0. The lowest BCUT2D eigenvalue weighted by molar-refractivity contribution is 0.0983. The Labute approximate surface area is 72.5 Å². The number of aromatic nitrogens is 1. The van der Waals surface area contributed by atoms with Crippen molar-refractivity contribution >= 4 is 11.8 Å². The number of rotatable bonds is 2. The molecule has 0 fully saturated rings. The zero-order valence-corrected chi connectivity index (χ0v) is 6.53. The van der Waals surface area contributed by atoms with Crippen LogP contribution < -0.4 is 17.0 Å². The monoisotopic (exact) mass is 181 g/mol. The first-order valence-corrected chi connectivity index (χ1v) is 3.35. The van der Waals surface area contributed by atoms with Gasteiger partial charge in [0.25, 0.3) is 17.4 Å². The highest BCUT2D eigenvalue weighted by atomic mass is 16.2. The van der Waals surface area contributed by atoms with Crippen molar-refractivity contribution in [2.24, 2.45) is 11.5 Å². The van der Waals surface area contributed by atoms with Crippen LogP contribution in [0.4, 0.5) is 0 Å². The van der Waals surface area contributed by atoms with Crippen LogP contribution in [0.25, 0.3) is 0 Å². The third-order valence-electron chi connectivity index (χ3n) is 1.44. The van der Waals surface area contributed by atoms with E-state index in [0.29, 0.717) is 0 Å². The number of carbonyl (C=O) groups excluding carboxylic acids is 2. The molecule has 6 heteroatoms. The predicted octanol–water partition coefficient (Wildman–Crippen LogP) is -1.43. The van der Waals surface area contributed by atoms with E-state index in [1.54, 1.807) is 0 Å². The summed E-state index contributed by atoms with van der Waals surface area (Å²) in [5.74, 6) is -1.62. The van der Waals surface area contributed by atoms with Crippen molar-refractivity contribution in [2.45, 2.75) is 0 Å². The number of carbonyl (C=O) groups is 2. The summed E-state index contributed by atoms with van der Waals surface area (Å²) < 4.78 is 0. The molecule has 0 aliphatic heterocycles. The van der Waals surface area contributed by atoms with E-state index < -0.39 is 17.4 Å². The van der Waals surface area contributed by atoms with Crippen molar-refractivity contribution in [1.82, 2.24) is 4.98 Å². The highest BCUT2D eigenvalue weighted by Crippen LogP contribution is 1.92. The van der Waals surface area contributed by atoms with E-state index in [1.165, 1.54) is 6.07 Å². The molecule has 1 rings (SSSR count). The molecule has 1 aromatic heterocycles. The van der Waals surface area contributed by atoms with Gasteiger partial charge in [0.2, 0.25) is 0 Å². The maximum absolute atomic E-state index is 11.0. The number of primary amides is 2. The summed E-state index contributed by atoms with van der Waals surface area (Å²) in [7, 11) is 0. The number of hydrogen-bond donors (Lipinski definition) is 3. The highest BCUT2D eigenvalue weighted by Gasteiger charge is 2.08.